The molecular formula is C13H19NO2. The van der Waals surface area contributed by atoms with Crippen LogP contribution in [-0.4, -0.2) is 19.1 Å². The van der Waals surface area contributed by atoms with E-state index < -0.39 is 0 Å². The van der Waals surface area contributed by atoms with E-state index >= 15 is 0 Å². The van der Waals surface area contributed by atoms with Crippen LogP contribution in [0.4, 0.5) is 5.69 Å². The van der Waals surface area contributed by atoms with Gasteiger partial charge in [-0.1, -0.05) is 31.5 Å². The Morgan fingerprint density at radius 3 is 2.62 bits per heavy atom. The van der Waals surface area contributed by atoms with Crippen molar-refractivity contribution in [3.63, 3.8) is 0 Å². The summed E-state index contributed by atoms with van der Waals surface area (Å²) in [6, 6.07) is 10.1. The lowest BCUT2D eigenvalue weighted by Gasteiger charge is -2.18. The van der Waals surface area contributed by atoms with Crippen LogP contribution in [0.2, 0.25) is 0 Å². The Labute approximate surface area is 96.8 Å². The summed E-state index contributed by atoms with van der Waals surface area (Å²) >= 11 is 0. The lowest BCUT2D eigenvalue weighted by atomic mass is 10.1. The molecule has 0 aliphatic carbocycles. The molecule has 88 valence electrons. The third-order valence-corrected chi connectivity index (χ3v) is 2.42. The van der Waals surface area contributed by atoms with Crippen LogP contribution in [0.3, 0.4) is 0 Å². The summed E-state index contributed by atoms with van der Waals surface area (Å²) in [4.78, 5) is 11.2. The second-order valence-electron chi connectivity index (χ2n) is 3.78. The van der Waals surface area contributed by atoms with Crippen molar-refractivity contribution in [3.8, 4) is 0 Å². The van der Waals surface area contributed by atoms with E-state index in [0.717, 1.165) is 18.5 Å². The number of para-hydroxylation sites is 1. The number of carbonyl (C=O) groups excluding carboxylic acids is 1. The number of carbonyl (C=O) groups is 1. The molecule has 0 unspecified atom stereocenters. The number of hydrogen-bond acceptors (Lipinski definition) is 3. The summed E-state index contributed by atoms with van der Waals surface area (Å²) in [5.41, 5.74) is 1.05. The molecule has 0 spiro atoms. The molecule has 0 radical (unpaired) electrons. The molecule has 0 saturated heterocycles. The summed E-state index contributed by atoms with van der Waals surface area (Å²) < 4.78 is 4.69. The van der Waals surface area contributed by atoms with Crippen LogP contribution in [0, 0.1) is 0 Å². The van der Waals surface area contributed by atoms with Crippen LogP contribution in [0.15, 0.2) is 30.3 Å². The third kappa shape index (κ3) is 4.34. The fourth-order valence-corrected chi connectivity index (χ4v) is 1.63. The maximum absolute atomic E-state index is 11.2. The molecule has 0 fully saturated rings. The summed E-state index contributed by atoms with van der Waals surface area (Å²) in [6.07, 6.45) is 2.42. The lowest BCUT2D eigenvalue weighted by molar-refractivity contribution is -0.140. The number of esters is 1. The summed E-state index contributed by atoms with van der Waals surface area (Å²) in [6.45, 7) is 2.11. The first-order chi connectivity index (χ1) is 7.76. The lowest BCUT2D eigenvalue weighted by Crippen LogP contribution is -2.23. The molecule has 0 aromatic heterocycles. The fraction of sp³-hybridized carbons (Fsp3) is 0.462. The highest BCUT2D eigenvalue weighted by molar-refractivity contribution is 5.70. The highest BCUT2D eigenvalue weighted by Gasteiger charge is 2.12. The van der Waals surface area contributed by atoms with Gasteiger partial charge >= 0.3 is 5.97 Å². The van der Waals surface area contributed by atoms with Crippen LogP contribution in [-0.2, 0) is 9.53 Å². The molecule has 1 aromatic carbocycles. The van der Waals surface area contributed by atoms with Crippen molar-refractivity contribution < 1.29 is 9.53 Å². The normalized spacial score (nSPS) is 11.9. The molecule has 3 heteroatoms. The molecule has 0 bridgehead atoms. The molecule has 0 heterocycles. The molecule has 1 atom stereocenters. The van der Waals surface area contributed by atoms with Crippen molar-refractivity contribution in [2.24, 2.45) is 0 Å². The van der Waals surface area contributed by atoms with Crippen molar-refractivity contribution >= 4 is 11.7 Å². The number of ether oxygens (including phenoxy) is 1. The standard InChI is InChI=1S/C13H19NO2/c1-3-7-12(10-13(15)16-2)14-11-8-5-4-6-9-11/h4-6,8-9,12,14H,3,7,10H2,1-2H3/t12-/m0/s1. The Kier molecular flexibility index (Phi) is 5.40. The van der Waals surface area contributed by atoms with E-state index in [1.54, 1.807) is 0 Å². The number of benzene rings is 1. The predicted molar refractivity (Wildman–Crippen MR) is 65.4 cm³/mol. The minimum absolute atomic E-state index is 0.153. The Bertz CT molecular complexity index is 311. The summed E-state index contributed by atoms with van der Waals surface area (Å²) in [5.74, 6) is -0.165. The van der Waals surface area contributed by atoms with E-state index in [1.807, 2.05) is 30.3 Å². The van der Waals surface area contributed by atoms with Crippen LogP contribution in [0.5, 0.6) is 0 Å². The largest absolute Gasteiger partial charge is 0.469 e. The zero-order valence-electron chi connectivity index (χ0n) is 9.90. The average molecular weight is 221 g/mol. The smallest absolute Gasteiger partial charge is 0.307 e. The van der Waals surface area contributed by atoms with Crippen LogP contribution >= 0.6 is 0 Å². The maximum Gasteiger partial charge on any atom is 0.307 e. The van der Waals surface area contributed by atoms with Crippen LogP contribution in [0.25, 0.3) is 0 Å². The van der Waals surface area contributed by atoms with E-state index in [9.17, 15) is 4.79 Å². The zero-order chi connectivity index (χ0) is 11.8. The molecule has 0 saturated carbocycles. The average Bonchev–Trinajstić information content (AvgIpc) is 2.30. The van der Waals surface area contributed by atoms with Gasteiger partial charge in [0.15, 0.2) is 0 Å². The molecule has 0 aliphatic heterocycles. The van der Waals surface area contributed by atoms with Crippen molar-refractivity contribution in [2.45, 2.75) is 32.2 Å². The van der Waals surface area contributed by atoms with Crippen LogP contribution < -0.4 is 5.32 Å². The van der Waals surface area contributed by atoms with Gasteiger partial charge in [-0.2, -0.15) is 0 Å². The van der Waals surface area contributed by atoms with Gasteiger partial charge in [0.25, 0.3) is 0 Å². The summed E-state index contributed by atoms with van der Waals surface area (Å²) in [5, 5.41) is 3.34. The maximum atomic E-state index is 11.2. The fourth-order valence-electron chi connectivity index (χ4n) is 1.63. The van der Waals surface area contributed by atoms with Gasteiger partial charge in [-0.05, 0) is 18.6 Å². The minimum atomic E-state index is -0.165. The Morgan fingerprint density at radius 1 is 1.38 bits per heavy atom. The van der Waals surface area contributed by atoms with E-state index in [2.05, 4.69) is 17.0 Å². The van der Waals surface area contributed by atoms with Crippen molar-refractivity contribution in [1.29, 1.82) is 0 Å². The topological polar surface area (TPSA) is 38.3 Å². The Morgan fingerprint density at radius 2 is 2.06 bits per heavy atom. The summed E-state index contributed by atoms with van der Waals surface area (Å²) in [7, 11) is 1.42. The first-order valence-electron chi connectivity index (χ1n) is 5.64. The number of anilines is 1. The van der Waals surface area contributed by atoms with Gasteiger partial charge < -0.3 is 10.1 Å². The van der Waals surface area contributed by atoms with Gasteiger partial charge in [-0.3, -0.25) is 4.79 Å². The zero-order valence-corrected chi connectivity index (χ0v) is 9.90. The second-order valence-corrected chi connectivity index (χ2v) is 3.78. The van der Waals surface area contributed by atoms with Gasteiger partial charge in [0, 0.05) is 11.7 Å². The Balaban J connectivity index is 2.54. The van der Waals surface area contributed by atoms with Crippen molar-refractivity contribution in [2.75, 3.05) is 12.4 Å². The molecule has 0 aliphatic rings. The van der Waals surface area contributed by atoms with Gasteiger partial charge in [0.05, 0.1) is 13.5 Å². The molecule has 3 nitrogen and oxygen atoms in total. The first-order valence-corrected chi connectivity index (χ1v) is 5.64. The molecule has 0 amide bonds. The first kappa shape index (κ1) is 12.6. The van der Waals surface area contributed by atoms with Gasteiger partial charge in [-0.25, -0.2) is 0 Å². The number of hydrogen-bond donors (Lipinski definition) is 1. The van der Waals surface area contributed by atoms with E-state index in [4.69, 9.17) is 0 Å². The van der Waals surface area contributed by atoms with E-state index in [-0.39, 0.29) is 12.0 Å². The Hall–Kier alpha value is -1.51. The molecule has 1 rings (SSSR count). The van der Waals surface area contributed by atoms with Crippen LogP contribution in [0.1, 0.15) is 26.2 Å². The molecule has 1 aromatic rings. The van der Waals surface area contributed by atoms with E-state index in [1.165, 1.54) is 7.11 Å². The number of nitrogens with one attached hydrogen (secondary N) is 1. The molecule has 1 N–H and O–H groups in total. The number of rotatable bonds is 6. The molecule has 16 heavy (non-hydrogen) atoms. The van der Waals surface area contributed by atoms with Gasteiger partial charge in [0.2, 0.25) is 0 Å². The van der Waals surface area contributed by atoms with Crippen molar-refractivity contribution in [1.82, 2.24) is 0 Å². The van der Waals surface area contributed by atoms with Gasteiger partial charge in [-0.15, -0.1) is 0 Å². The predicted octanol–water partition coefficient (Wildman–Crippen LogP) is 2.83. The minimum Gasteiger partial charge on any atom is -0.469 e. The quantitative estimate of drug-likeness (QED) is 0.751. The SMILES string of the molecule is CCC[C@@H](CC(=O)OC)Nc1ccccc1. The second kappa shape index (κ2) is 6.88. The van der Waals surface area contributed by atoms with E-state index in [0.29, 0.717) is 6.42 Å². The van der Waals surface area contributed by atoms with Crippen molar-refractivity contribution in [3.05, 3.63) is 30.3 Å². The monoisotopic (exact) mass is 221 g/mol. The van der Waals surface area contributed by atoms with Gasteiger partial charge in [0.1, 0.15) is 0 Å². The highest BCUT2D eigenvalue weighted by atomic mass is 16.5. The number of methoxy groups -OCH3 is 1. The molecular weight excluding hydrogens is 202 g/mol. The third-order valence-electron chi connectivity index (χ3n) is 2.42. The highest BCUT2D eigenvalue weighted by Crippen LogP contribution is 2.12.